The van der Waals surface area contributed by atoms with E-state index >= 15 is 4.39 Å². The average Bonchev–Trinajstić information content (AvgIpc) is 3.68. The molecule has 0 radical (unpaired) electrons. The number of aromatic nitrogens is 3. The van der Waals surface area contributed by atoms with Gasteiger partial charge in [-0.05, 0) is 51.1 Å². The van der Waals surface area contributed by atoms with Gasteiger partial charge in [0.1, 0.15) is 30.1 Å². The molecular weight excluding hydrogens is 782 g/mol. The fraction of sp³-hybridized carbons (Fsp3) is 0.450. The third-order valence-corrected chi connectivity index (χ3v) is 10.7. The van der Waals surface area contributed by atoms with Crippen LogP contribution in [0.15, 0.2) is 67.3 Å². The monoisotopic (exact) mass is 826 g/mol. The Morgan fingerprint density at radius 1 is 1.03 bits per heavy atom. The Morgan fingerprint density at radius 2 is 1.78 bits per heavy atom. The number of allylic oxidation sites excluding steroid dienone is 2. The number of carbonyl (C=O) groups is 3. The van der Waals surface area contributed by atoms with E-state index < -0.39 is 53.0 Å². The number of benzene rings is 2. The van der Waals surface area contributed by atoms with Gasteiger partial charge in [-0.3, -0.25) is 9.59 Å². The summed E-state index contributed by atoms with van der Waals surface area (Å²) in [5, 5.41) is 15.2. The third-order valence-electron chi connectivity index (χ3n) is 9.26. The molecule has 2 aliphatic heterocycles. The van der Waals surface area contributed by atoms with Gasteiger partial charge in [0.25, 0.3) is 0 Å². The zero-order chi connectivity index (χ0) is 41.8. The van der Waals surface area contributed by atoms with Gasteiger partial charge in [0.05, 0.1) is 43.1 Å². The van der Waals surface area contributed by atoms with Gasteiger partial charge in [-0.1, -0.05) is 24.3 Å². The van der Waals surface area contributed by atoms with Crippen molar-refractivity contribution in [3.05, 3.63) is 101 Å². The molecule has 1 unspecified atom stereocenters. The van der Waals surface area contributed by atoms with Gasteiger partial charge in [0.15, 0.2) is 11.9 Å². The number of ether oxygens (including phenoxy) is 5. The number of esters is 1. The van der Waals surface area contributed by atoms with Crippen molar-refractivity contribution < 1.29 is 51.2 Å². The molecule has 58 heavy (non-hydrogen) atoms. The van der Waals surface area contributed by atoms with Crippen molar-refractivity contribution in [1.82, 2.24) is 25.0 Å². The van der Waals surface area contributed by atoms with Crippen molar-refractivity contribution in [3.63, 3.8) is 0 Å². The lowest BCUT2D eigenvalue weighted by atomic mass is 9.89. The normalized spacial score (nSPS) is 21.9. The van der Waals surface area contributed by atoms with Crippen LogP contribution >= 0.6 is 11.8 Å². The Balaban J connectivity index is 1.24. The SMILES string of the molecule is CC(OC(=O)CCC(=O)N1C[C@@H](C)N[C@@H](C)C1)OC(=O)O[C@@](Cn1cncn1)(c1ccc(F)cc1F)[C@@H](C)SC1COC(/C=C/C=C/c2ccc(C#N)cc2F)OC1. The molecule has 5 rings (SSSR count). The van der Waals surface area contributed by atoms with E-state index in [0.717, 1.165) is 18.2 Å². The first-order valence-corrected chi connectivity index (χ1v) is 19.5. The summed E-state index contributed by atoms with van der Waals surface area (Å²) in [4.78, 5) is 44.6. The maximum atomic E-state index is 15.8. The summed E-state index contributed by atoms with van der Waals surface area (Å²) in [6, 6.07) is 9.12. The van der Waals surface area contributed by atoms with E-state index in [1.807, 2.05) is 19.9 Å². The van der Waals surface area contributed by atoms with Crippen molar-refractivity contribution in [3.8, 4) is 6.07 Å². The molecule has 0 aliphatic carbocycles. The van der Waals surface area contributed by atoms with Crippen LogP contribution < -0.4 is 5.32 Å². The second kappa shape index (κ2) is 20.5. The maximum Gasteiger partial charge on any atom is 0.512 e. The van der Waals surface area contributed by atoms with Gasteiger partial charge in [0.2, 0.25) is 12.2 Å². The number of piperazine rings is 1. The van der Waals surface area contributed by atoms with E-state index in [0.29, 0.717) is 24.7 Å². The minimum atomic E-state index is -1.91. The topological polar surface area (TPSA) is 167 Å². The number of amides is 1. The Morgan fingerprint density at radius 3 is 2.43 bits per heavy atom. The first-order chi connectivity index (χ1) is 27.7. The number of carbonyl (C=O) groups excluding carboxylic acids is 3. The third kappa shape index (κ3) is 12.1. The second-order valence-corrected chi connectivity index (χ2v) is 15.6. The first kappa shape index (κ1) is 43.9. The summed E-state index contributed by atoms with van der Waals surface area (Å²) in [6.45, 7) is 7.96. The molecule has 0 bridgehead atoms. The van der Waals surface area contributed by atoms with Gasteiger partial charge in [-0.25, -0.2) is 27.6 Å². The molecule has 0 saturated carbocycles. The highest BCUT2D eigenvalue weighted by Crippen LogP contribution is 2.42. The number of halogens is 3. The van der Waals surface area contributed by atoms with E-state index in [4.69, 9.17) is 28.9 Å². The minimum absolute atomic E-state index is 0.0984. The minimum Gasteiger partial charge on any atom is -0.425 e. The van der Waals surface area contributed by atoms with Gasteiger partial charge in [-0.15, -0.1) is 11.8 Å². The molecule has 3 aromatic rings. The van der Waals surface area contributed by atoms with Crippen molar-refractivity contribution >= 4 is 35.9 Å². The lowest BCUT2D eigenvalue weighted by molar-refractivity contribution is -0.172. The lowest BCUT2D eigenvalue weighted by Crippen LogP contribution is -2.55. The van der Waals surface area contributed by atoms with Gasteiger partial charge in [-0.2, -0.15) is 10.4 Å². The van der Waals surface area contributed by atoms with Crippen molar-refractivity contribution in [2.45, 2.75) is 87.8 Å². The van der Waals surface area contributed by atoms with Crippen LogP contribution in [0.1, 0.15) is 57.2 Å². The average molecular weight is 827 g/mol. The zero-order valence-electron chi connectivity index (χ0n) is 32.4. The maximum absolute atomic E-state index is 15.8. The summed E-state index contributed by atoms with van der Waals surface area (Å²) in [5.41, 5.74) is -1.59. The van der Waals surface area contributed by atoms with E-state index in [-0.39, 0.29) is 67.0 Å². The molecular formula is C40H45F3N6O8S. The first-order valence-electron chi connectivity index (χ1n) is 18.6. The standard InChI is InChI=1S/C40H45F3N6O8S/c1-25-18-48(19-26(2)47-25)36(50)13-14-37(51)55-28(4)56-39(52)57-40(22-49-24-45-23-46-49,33-12-11-31(41)16-35(33)43)27(3)58-32-20-53-38(54-21-32)8-6-5-7-30-10-9-29(17-44)15-34(30)42/h5-12,15-16,23-28,32,38,47H,13-14,18-22H2,1-4H3/b7-5+,8-6+/t25-,26+,27-,28?,32?,38?,40-/m1/s1. The van der Waals surface area contributed by atoms with Crippen LogP contribution in [-0.4, -0.2) is 99.2 Å². The molecule has 0 spiro atoms. The fourth-order valence-corrected chi connectivity index (χ4v) is 7.96. The van der Waals surface area contributed by atoms with E-state index in [1.165, 1.54) is 54.2 Å². The zero-order valence-corrected chi connectivity index (χ0v) is 33.2. The number of rotatable bonds is 15. The number of hydrogen-bond donors (Lipinski definition) is 1. The summed E-state index contributed by atoms with van der Waals surface area (Å²) < 4.78 is 73.8. The molecule has 310 valence electrons. The lowest BCUT2D eigenvalue weighted by Gasteiger charge is -2.40. The van der Waals surface area contributed by atoms with Crippen LogP contribution in [0.5, 0.6) is 0 Å². The Hall–Kier alpha value is -5.22. The molecule has 2 fully saturated rings. The summed E-state index contributed by atoms with van der Waals surface area (Å²) in [7, 11) is 0. The molecule has 2 aromatic carbocycles. The predicted molar refractivity (Wildman–Crippen MR) is 205 cm³/mol. The van der Waals surface area contributed by atoms with Crippen LogP contribution in [0, 0.1) is 28.8 Å². The predicted octanol–water partition coefficient (Wildman–Crippen LogP) is 5.63. The highest BCUT2D eigenvalue weighted by Gasteiger charge is 2.47. The molecule has 1 aromatic heterocycles. The number of thioether (sulfide) groups is 1. The highest BCUT2D eigenvalue weighted by molar-refractivity contribution is 8.00. The van der Waals surface area contributed by atoms with Crippen molar-refractivity contribution in [1.29, 1.82) is 5.26 Å². The molecule has 18 heteroatoms. The molecule has 2 aliphatic rings. The molecule has 2 saturated heterocycles. The van der Waals surface area contributed by atoms with Gasteiger partial charge >= 0.3 is 12.1 Å². The van der Waals surface area contributed by atoms with E-state index in [2.05, 4.69) is 15.4 Å². The van der Waals surface area contributed by atoms with Crippen molar-refractivity contribution in [2.24, 2.45) is 0 Å². The van der Waals surface area contributed by atoms with Crippen LogP contribution in [0.2, 0.25) is 0 Å². The number of nitriles is 1. The van der Waals surface area contributed by atoms with Crippen LogP contribution in [0.4, 0.5) is 18.0 Å². The molecule has 1 N–H and O–H groups in total. The Labute approximate surface area is 338 Å². The van der Waals surface area contributed by atoms with Crippen LogP contribution in [-0.2, 0) is 45.4 Å². The number of nitrogens with one attached hydrogen (secondary N) is 1. The number of nitrogens with zero attached hydrogens (tertiary/aromatic N) is 5. The summed E-state index contributed by atoms with van der Waals surface area (Å²) >= 11 is 1.25. The largest absolute Gasteiger partial charge is 0.512 e. The number of hydrogen-bond acceptors (Lipinski definition) is 13. The summed E-state index contributed by atoms with van der Waals surface area (Å²) in [5.74, 6) is -3.39. The van der Waals surface area contributed by atoms with Gasteiger partial charge in [0, 0.05) is 61.0 Å². The van der Waals surface area contributed by atoms with E-state index in [1.54, 1.807) is 30.1 Å². The summed E-state index contributed by atoms with van der Waals surface area (Å²) in [6.07, 6.45) is 5.10. The molecule has 3 heterocycles. The highest BCUT2D eigenvalue weighted by atomic mass is 32.2. The van der Waals surface area contributed by atoms with Gasteiger partial charge < -0.3 is 33.9 Å². The quantitative estimate of drug-likeness (QED) is 0.114. The molecule has 1 amide bonds. The second-order valence-electron chi connectivity index (χ2n) is 13.9. The smallest absolute Gasteiger partial charge is 0.425 e. The fourth-order valence-electron chi connectivity index (χ4n) is 6.60. The Bertz CT molecular complexity index is 1980. The van der Waals surface area contributed by atoms with E-state index in [9.17, 15) is 23.2 Å². The Kier molecular flexibility index (Phi) is 15.5. The molecule has 5 atom stereocenters. The molecule has 14 nitrogen and oxygen atoms in total. The van der Waals surface area contributed by atoms with Crippen LogP contribution in [0.3, 0.4) is 0 Å². The van der Waals surface area contributed by atoms with Crippen molar-refractivity contribution in [2.75, 3.05) is 26.3 Å². The van der Waals surface area contributed by atoms with Crippen LogP contribution in [0.25, 0.3) is 6.08 Å².